The van der Waals surface area contributed by atoms with Crippen LogP contribution in [0, 0.1) is 11.7 Å². The summed E-state index contributed by atoms with van der Waals surface area (Å²) in [5, 5.41) is 18.0. The average molecular weight is 611 g/mol. The number of aryl methyl sites for hydroxylation is 1. The molecule has 1 fully saturated rings. The fourth-order valence-corrected chi connectivity index (χ4v) is 4.51. The van der Waals surface area contributed by atoms with Crippen molar-refractivity contribution in [1.82, 2.24) is 35.1 Å². The van der Waals surface area contributed by atoms with Crippen molar-refractivity contribution in [3.63, 3.8) is 0 Å². The van der Waals surface area contributed by atoms with Crippen molar-refractivity contribution in [3.05, 3.63) is 41.5 Å². The second-order valence-corrected chi connectivity index (χ2v) is 11.2. The number of halogens is 1. The molecule has 0 bridgehead atoms. The Labute approximate surface area is 264 Å². The van der Waals surface area contributed by atoms with Gasteiger partial charge in [-0.2, -0.15) is 5.10 Å². The van der Waals surface area contributed by atoms with E-state index < -0.39 is 17.0 Å². The smallest absolute Gasteiger partial charge is 0.272 e. The van der Waals surface area contributed by atoms with Crippen molar-refractivity contribution in [1.29, 1.82) is 0 Å². The fraction of sp³-hybridized carbons (Fsp3) is 0.429. The van der Waals surface area contributed by atoms with Gasteiger partial charge < -0.3 is 30.5 Å². The first-order valence-corrected chi connectivity index (χ1v) is 14.1. The number of carbonyl (C=O) groups excluding carboxylic acids is 3. The Kier molecular flexibility index (Phi) is 10.2. The molecular formula is C28H33B3FN9O4. The highest BCUT2D eigenvalue weighted by atomic mass is 19.1. The van der Waals surface area contributed by atoms with Gasteiger partial charge in [-0.3, -0.25) is 19.1 Å². The number of amides is 3. The lowest BCUT2D eigenvalue weighted by atomic mass is 9.49. The third kappa shape index (κ3) is 8.62. The third-order valence-electron chi connectivity index (χ3n) is 6.89. The molecule has 1 aromatic carbocycles. The zero-order chi connectivity index (χ0) is 33.1. The van der Waals surface area contributed by atoms with E-state index in [1.54, 1.807) is 25.1 Å². The highest BCUT2D eigenvalue weighted by Crippen LogP contribution is 2.39. The predicted molar refractivity (Wildman–Crippen MR) is 169 cm³/mol. The number of anilines is 3. The van der Waals surface area contributed by atoms with Crippen LogP contribution in [0.1, 0.15) is 40.2 Å². The summed E-state index contributed by atoms with van der Waals surface area (Å²) in [5.41, 5.74) is 0.563. The zero-order valence-electron chi connectivity index (χ0n) is 25.8. The molecule has 6 radical (unpaired) electrons. The predicted octanol–water partition coefficient (Wildman–Crippen LogP) is 0.987. The Morgan fingerprint density at radius 1 is 1.07 bits per heavy atom. The van der Waals surface area contributed by atoms with Gasteiger partial charge >= 0.3 is 0 Å². The standard InChI is InChI=1S/C28H33B3FN9O4/c1-39(2)9-6-10-40(3)27(44)21-13-18(38-41(21)4)17-11-16(32)12-20(24(17)45-5)33-19-14-22(34-25(42)15-7-8-15)36-37-23(19)26(43)35-28(29,30)31/h11-15H,6-10H2,1-5H3,(H,35,43)(H2,33,34,36,42). The Morgan fingerprint density at radius 2 is 1.78 bits per heavy atom. The maximum Gasteiger partial charge on any atom is 0.272 e. The van der Waals surface area contributed by atoms with Gasteiger partial charge in [-0.25, -0.2) is 4.39 Å². The van der Waals surface area contributed by atoms with E-state index in [4.69, 9.17) is 28.3 Å². The Morgan fingerprint density at radius 3 is 2.40 bits per heavy atom. The Balaban J connectivity index is 1.70. The molecule has 17 heteroatoms. The fourth-order valence-electron chi connectivity index (χ4n) is 4.51. The minimum absolute atomic E-state index is 0.00364. The first-order chi connectivity index (χ1) is 21.2. The van der Waals surface area contributed by atoms with Crippen LogP contribution in [-0.4, -0.2) is 118 Å². The molecule has 0 aliphatic heterocycles. The molecule has 3 amide bonds. The van der Waals surface area contributed by atoms with Crippen LogP contribution in [0.4, 0.5) is 21.6 Å². The molecular weight excluding hydrogens is 578 g/mol. The molecule has 13 nitrogen and oxygen atoms in total. The lowest BCUT2D eigenvalue weighted by molar-refractivity contribution is -0.117. The van der Waals surface area contributed by atoms with E-state index in [-0.39, 0.29) is 57.6 Å². The van der Waals surface area contributed by atoms with Gasteiger partial charge in [0.1, 0.15) is 11.5 Å². The van der Waals surface area contributed by atoms with Gasteiger partial charge in [-0.15, -0.1) is 10.2 Å². The summed E-state index contributed by atoms with van der Waals surface area (Å²) in [7, 11) is 25.2. The molecule has 1 aliphatic carbocycles. The summed E-state index contributed by atoms with van der Waals surface area (Å²) in [5.74, 6) is -2.00. The second-order valence-electron chi connectivity index (χ2n) is 11.2. The van der Waals surface area contributed by atoms with Crippen LogP contribution in [0.3, 0.4) is 0 Å². The van der Waals surface area contributed by atoms with Crippen molar-refractivity contribution in [2.45, 2.75) is 24.5 Å². The normalized spacial score (nSPS) is 13.0. The van der Waals surface area contributed by atoms with E-state index in [9.17, 15) is 14.4 Å². The zero-order valence-corrected chi connectivity index (χ0v) is 25.8. The van der Waals surface area contributed by atoms with Crippen LogP contribution < -0.4 is 20.7 Å². The van der Waals surface area contributed by atoms with E-state index >= 15 is 4.39 Å². The van der Waals surface area contributed by atoms with Crippen LogP contribution in [-0.2, 0) is 11.8 Å². The highest BCUT2D eigenvalue weighted by Gasteiger charge is 2.30. The number of aromatic nitrogens is 4. The maximum absolute atomic E-state index is 15.1. The van der Waals surface area contributed by atoms with Crippen molar-refractivity contribution < 1.29 is 23.5 Å². The van der Waals surface area contributed by atoms with Gasteiger partial charge in [-0.1, -0.05) is 5.24 Å². The number of rotatable bonds is 13. The number of hydrogen-bond acceptors (Lipinski definition) is 9. The molecule has 4 rings (SSSR count). The van der Waals surface area contributed by atoms with Gasteiger partial charge in [0.25, 0.3) is 11.8 Å². The quantitative estimate of drug-likeness (QED) is 0.241. The van der Waals surface area contributed by atoms with Crippen molar-refractivity contribution >= 4 is 58.5 Å². The highest BCUT2D eigenvalue weighted by molar-refractivity contribution is 6.60. The molecule has 0 saturated heterocycles. The molecule has 3 N–H and O–H groups in total. The molecule has 2 aromatic heterocycles. The van der Waals surface area contributed by atoms with E-state index in [1.807, 2.05) is 19.0 Å². The lowest BCUT2D eigenvalue weighted by Gasteiger charge is -2.23. The SMILES string of the molecule is [B]C([B])([B])NC(=O)c1nnc(NC(=O)C2CC2)cc1Nc1cc(F)cc(-c2cc(C(=O)N(C)CCCN(C)C)n(C)n2)c1OC. The molecule has 3 aromatic rings. The first-order valence-electron chi connectivity index (χ1n) is 14.1. The minimum atomic E-state index is -2.08. The van der Waals surface area contributed by atoms with E-state index in [0.717, 1.165) is 31.9 Å². The number of nitrogens with one attached hydrogen (secondary N) is 3. The summed E-state index contributed by atoms with van der Waals surface area (Å²) in [4.78, 5) is 42.1. The summed E-state index contributed by atoms with van der Waals surface area (Å²) >= 11 is 0. The third-order valence-corrected chi connectivity index (χ3v) is 6.89. The van der Waals surface area contributed by atoms with Crippen LogP contribution in [0.25, 0.3) is 11.3 Å². The van der Waals surface area contributed by atoms with Gasteiger partial charge in [0.15, 0.2) is 17.3 Å². The summed E-state index contributed by atoms with van der Waals surface area (Å²) in [6.45, 7) is 1.36. The molecule has 2 heterocycles. The topological polar surface area (TPSA) is 147 Å². The summed E-state index contributed by atoms with van der Waals surface area (Å²) < 4.78 is 22.2. The van der Waals surface area contributed by atoms with Gasteiger partial charge in [0.2, 0.25) is 5.91 Å². The number of ether oxygens (including phenoxy) is 1. The van der Waals surface area contributed by atoms with E-state index in [0.29, 0.717) is 12.2 Å². The number of carbonyl (C=O) groups is 3. The first kappa shape index (κ1) is 33.5. The number of methoxy groups -OCH3 is 1. The number of benzene rings is 1. The van der Waals surface area contributed by atoms with Crippen molar-refractivity contribution in [2.24, 2.45) is 13.0 Å². The molecule has 0 unspecified atom stereocenters. The maximum atomic E-state index is 15.1. The monoisotopic (exact) mass is 611 g/mol. The molecule has 230 valence electrons. The molecule has 1 saturated carbocycles. The average Bonchev–Trinajstić information content (AvgIpc) is 3.73. The molecule has 0 atom stereocenters. The van der Waals surface area contributed by atoms with Crippen molar-refractivity contribution in [2.75, 3.05) is 52.0 Å². The Bertz CT molecular complexity index is 1590. The number of hydrogen-bond donors (Lipinski definition) is 3. The van der Waals surface area contributed by atoms with Crippen LogP contribution >= 0.6 is 0 Å². The van der Waals surface area contributed by atoms with Crippen LogP contribution in [0.5, 0.6) is 5.75 Å². The second kappa shape index (κ2) is 13.7. The summed E-state index contributed by atoms with van der Waals surface area (Å²) in [6.07, 6.45) is 2.30. The largest absolute Gasteiger partial charge is 0.494 e. The molecule has 45 heavy (non-hydrogen) atoms. The lowest BCUT2D eigenvalue weighted by Crippen LogP contribution is -2.50. The molecule has 1 aliphatic rings. The summed E-state index contributed by atoms with van der Waals surface area (Å²) in [6, 6.07) is 5.25. The van der Waals surface area contributed by atoms with Gasteiger partial charge in [0.05, 0.1) is 47.7 Å². The van der Waals surface area contributed by atoms with E-state index in [1.165, 1.54) is 23.9 Å². The van der Waals surface area contributed by atoms with Gasteiger partial charge in [0, 0.05) is 44.3 Å². The number of nitrogens with zero attached hydrogens (tertiary/aromatic N) is 6. The van der Waals surface area contributed by atoms with Crippen LogP contribution in [0.2, 0.25) is 0 Å². The van der Waals surface area contributed by atoms with E-state index in [2.05, 4.69) is 31.2 Å². The Hall–Kier alpha value is -4.40. The van der Waals surface area contributed by atoms with Crippen LogP contribution in [0.15, 0.2) is 24.3 Å². The van der Waals surface area contributed by atoms with Gasteiger partial charge in [-0.05, 0) is 52.0 Å². The van der Waals surface area contributed by atoms with Crippen molar-refractivity contribution in [3.8, 4) is 17.0 Å². The minimum Gasteiger partial charge on any atom is -0.494 e. The molecule has 0 spiro atoms.